The molecule has 16 heavy (non-hydrogen) atoms. The lowest BCUT2D eigenvalue weighted by Gasteiger charge is -2.27. The third-order valence-electron chi connectivity index (χ3n) is 2.82. The van der Waals surface area contributed by atoms with Gasteiger partial charge in [0.2, 0.25) is 0 Å². The minimum Gasteiger partial charge on any atom is -0.394 e. The maximum absolute atomic E-state index is 9.31. The molecule has 1 atom stereocenters. The van der Waals surface area contributed by atoms with Crippen molar-refractivity contribution in [2.75, 3.05) is 11.9 Å². The number of nitrogens with zero attached hydrogens (tertiary/aromatic N) is 3. The monoisotopic (exact) mass is 220 g/mol. The van der Waals surface area contributed by atoms with Crippen LogP contribution in [-0.4, -0.2) is 31.9 Å². The number of nitrogens with one attached hydrogen (secondary N) is 1. The Labute approximate surface area is 94.1 Å². The molecule has 0 fully saturated rings. The van der Waals surface area contributed by atoms with Gasteiger partial charge in [0.05, 0.1) is 18.3 Å². The molecule has 2 aromatic heterocycles. The molecule has 86 valence electrons. The van der Waals surface area contributed by atoms with Crippen molar-refractivity contribution in [3.8, 4) is 0 Å². The van der Waals surface area contributed by atoms with E-state index in [-0.39, 0.29) is 12.1 Å². The van der Waals surface area contributed by atoms with E-state index in [1.54, 1.807) is 10.7 Å². The molecule has 0 aliphatic rings. The standard InChI is InChI=1S/C11H16N4O/c1-3-11(2,8-16)14-9-5-7-15-10(13-9)4-6-12-15/h4-7,16H,3,8H2,1-2H3,(H,13,14). The van der Waals surface area contributed by atoms with Gasteiger partial charge in [-0.2, -0.15) is 5.10 Å². The second kappa shape index (κ2) is 4.09. The summed E-state index contributed by atoms with van der Waals surface area (Å²) in [7, 11) is 0. The smallest absolute Gasteiger partial charge is 0.157 e. The summed E-state index contributed by atoms with van der Waals surface area (Å²) < 4.78 is 1.70. The molecule has 2 N–H and O–H groups in total. The van der Waals surface area contributed by atoms with Crippen LogP contribution in [0.4, 0.5) is 5.82 Å². The molecule has 0 aromatic carbocycles. The molecule has 0 saturated heterocycles. The summed E-state index contributed by atoms with van der Waals surface area (Å²) in [6.45, 7) is 4.07. The normalized spacial score (nSPS) is 14.9. The Morgan fingerprint density at radius 3 is 3.00 bits per heavy atom. The van der Waals surface area contributed by atoms with E-state index in [0.717, 1.165) is 17.9 Å². The fraction of sp³-hybridized carbons (Fsp3) is 0.455. The summed E-state index contributed by atoms with van der Waals surface area (Å²) in [6.07, 6.45) is 4.38. The lowest BCUT2D eigenvalue weighted by Crippen LogP contribution is -2.38. The molecule has 0 saturated carbocycles. The van der Waals surface area contributed by atoms with Crippen LogP contribution in [0.1, 0.15) is 20.3 Å². The Morgan fingerprint density at radius 2 is 2.31 bits per heavy atom. The first-order chi connectivity index (χ1) is 7.67. The van der Waals surface area contributed by atoms with Gasteiger partial charge in [0.1, 0.15) is 5.82 Å². The Kier molecular flexibility index (Phi) is 2.78. The molecule has 0 bridgehead atoms. The molecule has 0 aliphatic heterocycles. The average molecular weight is 220 g/mol. The highest BCUT2D eigenvalue weighted by Crippen LogP contribution is 2.16. The highest BCUT2D eigenvalue weighted by molar-refractivity contribution is 5.46. The van der Waals surface area contributed by atoms with Crippen LogP contribution in [0.15, 0.2) is 24.5 Å². The van der Waals surface area contributed by atoms with E-state index >= 15 is 0 Å². The third-order valence-corrected chi connectivity index (χ3v) is 2.82. The van der Waals surface area contributed by atoms with Crippen LogP contribution >= 0.6 is 0 Å². The second-order valence-corrected chi connectivity index (χ2v) is 4.14. The molecular weight excluding hydrogens is 204 g/mol. The number of aliphatic hydroxyl groups excluding tert-OH is 1. The van der Waals surface area contributed by atoms with E-state index in [0.29, 0.717) is 0 Å². The molecule has 2 rings (SSSR count). The number of aromatic nitrogens is 3. The Balaban J connectivity index is 2.26. The molecule has 2 heterocycles. The second-order valence-electron chi connectivity index (χ2n) is 4.14. The van der Waals surface area contributed by atoms with Crippen molar-refractivity contribution in [3.05, 3.63) is 24.5 Å². The summed E-state index contributed by atoms with van der Waals surface area (Å²) in [5.74, 6) is 0.756. The van der Waals surface area contributed by atoms with Crippen LogP contribution in [0.2, 0.25) is 0 Å². The summed E-state index contributed by atoms with van der Waals surface area (Å²) in [4.78, 5) is 4.39. The van der Waals surface area contributed by atoms with Gasteiger partial charge in [0.15, 0.2) is 5.65 Å². The number of aliphatic hydroxyl groups is 1. The SMILES string of the molecule is CCC(C)(CO)Nc1ccn2nccc2n1. The Hall–Kier alpha value is -1.62. The van der Waals surface area contributed by atoms with Crippen molar-refractivity contribution in [2.45, 2.75) is 25.8 Å². The predicted molar refractivity (Wildman–Crippen MR) is 62.4 cm³/mol. The first-order valence-electron chi connectivity index (χ1n) is 5.36. The molecule has 0 radical (unpaired) electrons. The van der Waals surface area contributed by atoms with Crippen LogP contribution in [0, 0.1) is 0 Å². The molecule has 0 amide bonds. The lowest BCUT2D eigenvalue weighted by molar-refractivity contribution is 0.218. The summed E-state index contributed by atoms with van der Waals surface area (Å²) in [5.41, 5.74) is 0.465. The minimum absolute atomic E-state index is 0.0790. The fourth-order valence-corrected chi connectivity index (χ4v) is 1.43. The van der Waals surface area contributed by atoms with Gasteiger partial charge in [-0.05, 0) is 19.4 Å². The van der Waals surface area contributed by atoms with Crippen molar-refractivity contribution < 1.29 is 5.11 Å². The van der Waals surface area contributed by atoms with Gasteiger partial charge < -0.3 is 10.4 Å². The van der Waals surface area contributed by atoms with E-state index in [4.69, 9.17) is 0 Å². The van der Waals surface area contributed by atoms with Crippen LogP contribution in [-0.2, 0) is 0 Å². The number of fused-ring (bicyclic) bond motifs is 1. The van der Waals surface area contributed by atoms with Crippen molar-refractivity contribution in [1.82, 2.24) is 14.6 Å². The van der Waals surface area contributed by atoms with Crippen molar-refractivity contribution in [1.29, 1.82) is 0 Å². The highest BCUT2D eigenvalue weighted by Gasteiger charge is 2.20. The number of hydrogen-bond donors (Lipinski definition) is 2. The van der Waals surface area contributed by atoms with E-state index in [1.807, 2.05) is 32.2 Å². The van der Waals surface area contributed by atoms with Gasteiger partial charge >= 0.3 is 0 Å². The van der Waals surface area contributed by atoms with Crippen LogP contribution in [0.25, 0.3) is 5.65 Å². The maximum atomic E-state index is 9.31. The zero-order chi connectivity index (χ0) is 11.6. The molecule has 2 aromatic rings. The molecule has 0 aliphatic carbocycles. The van der Waals surface area contributed by atoms with Gasteiger partial charge in [-0.15, -0.1) is 0 Å². The summed E-state index contributed by atoms with van der Waals surface area (Å²) >= 11 is 0. The molecular formula is C11H16N4O. The van der Waals surface area contributed by atoms with Crippen LogP contribution in [0.3, 0.4) is 0 Å². The van der Waals surface area contributed by atoms with Gasteiger partial charge in [-0.3, -0.25) is 0 Å². The molecule has 1 unspecified atom stereocenters. The highest BCUT2D eigenvalue weighted by atomic mass is 16.3. The van der Waals surface area contributed by atoms with Gasteiger partial charge in [0, 0.05) is 12.3 Å². The first-order valence-corrected chi connectivity index (χ1v) is 5.36. The predicted octanol–water partition coefficient (Wildman–Crippen LogP) is 1.30. The van der Waals surface area contributed by atoms with Gasteiger partial charge in [-0.1, -0.05) is 6.92 Å². The Bertz CT molecular complexity index is 476. The fourth-order valence-electron chi connectivity index (χ4n) is 1.43. The van der Waals surface area contributed by atoms with E-state index in [9.17, 15) is 5.11 Å². The largest absolute Gasteiger partial charge is 0.394 e. The quantitative estimate of drug-likeness (QED) is 0.815. The maximum Gasteiger partial charge on any atom is 0.157 e. The summed E-state index contributed by atoms with van der Waals surface area (Å²) in [6, 6.07) is 3.69. The Morgan fingerprint density at radius 1 is 1.50 bits per heavy atom. The first kappa shape index (κ1) is 10.9. The molecule has 0 spiro atoms. The minimum atomic E-state index is -0.328. The van der Waals surface area contributed by atoms with Gasteiger partial charge in [0.25, 0.3) is 0 Å². The van der Waals surface area contributed by atoms with Crippen molar-refractivity contribution in [3.63, 3.8) is 0 Å². The van der Waals surface area contributed by atoms with E-state index in [2.05, 4.69) is 15.4 Å². The van der Waals surface area contributed by atoms with Crippen molar-refractivity contribution in [2.24, 2.45) is 0 Å². The molecule has 5 heteroatoms. The number of hydrogen-bond acceptors (Lipinski definition) is 4. The summed E-state index contributed by atoms with van der Waals surface area (Å²) in [5, 5.41) is 16.6. The topological polar surface area (TPSA) is 62.5 Å². The number of anilines is 1. The third kappa shape index (κ3) is 1.99. The molecule has 5 nitrogen and oxygen atoms in total. The zero-order valence-electron chi connectivity index (χ0n) is 9.51. The van der Waals surface area contributed by atoms with Crippen LogP contribution < -0.4 is 5.32 Å². The number of rotatable bonds is 4. The van der Waals surface area contributed by atoms with Crippen molar-refractivity contribution >= 4 is 11.5 Å². The van der Waals surface area contributed by atoms with Crippen LogP contribution in [0.5, 0.6) is 0 Å². The van der Waals surface area contributed by atoms with Gasteiger partial charge in [-0.25, -0.2) is 9.50 Å². The van der Waals surface area contributed by atoms with E-state index in [1.165, 1.54) is 0 Å². The van der Waals surface area contributed by atoms with E-state index < -0.39 is 0 Å². The zero-order valence-corrected chi connectivity index (χ0v) is 9.51. The average Bonchev–Trinajstić information content (AvgIpc) is 2.76. The lowest BCUT2D eigenvalue weighted by atomic mass is 10.0.